The third kappa shape index (κ3) is 2.70. The SMILES string of the molecule is Cc1cc(C)c(C)c(-c2c3ccc(C4CC5CCC4C5)cc3cc(C)[n+]2C)c1. The molecule has 0 spiro atoms. The minimum absolute atomic E-state index is 0.795. The van der Waals surface area contributed by atoms with Gasteiger partial charge in [-0.1, -0.05) is 30.2 Å². The summed E-state index contributed by atoms with van der Waals surface area (Å²) in [6, 6.07) is 14.4. The number of hydrogen-bond acceptors (Lipinski definition) is 0. The van der Waals surface area contributed by atoms with E-state index >= 15 is 0 Å². The van der Waals surface area contributed by atoms with E-state index in [0.717, 1.165) is 17.8 Å². The lowest BCUT2D eigenvalue weighted by Gasteiger charge is -2.22. The van der Waals surface area contributed by atoms with E-state index in [4.69, 9.17) is 0 Å². The molecule has 2 aliphatic carbocycles. The number of aromatic nitrogens is 1. The molecule has 0 radical (unpaired) electrons. The molecule has 1 heterocycles. The van der Waals surface area contributed by atoms with Gasteiger partial charge in [0.15, 0.2) is 5.69 Å². The topological polar surface area (TPSA) is 3.88 Å². The van der Waals surface area contributed by atoms with Crippen molar-refractivity contribution in [1.82, 2.24) is 0 Å². The van der Waals surface area contributed by atoms with Gasteiger partial charge in [0.1, 0.15) is 7.05 Å². The minimum atomic E-state index is 0.795. The van der Waals surface area contributed by atoms with Crippen molar-refractivity contribution in [2.75, 3.05) is 0 Å². The number of hydrogen-bond donors (Lipinski definition) is 0. The molecular weight excluding hydrogens is 338 g/mol. The van der Waals surface area contributed by atoms with Crippen LogP contribution in [0.25, 0.3) is 22.0 Å². The molecule has 2 saturated carbocycles. The first-order valence-corrected chi connectivity index (χ1v) is 10.9. The molecule has 1 nitrogen and oxygen atoms in total. The Bertz CT molecular complexity index is 1090. The van der Waals surface area contributed by atoms with Gasteiger partial charge in [-0.15, -0.1) is 0 Å². The second kappa shape index (κ2) is 6.44. The van der Waals surface area contributed by atoms with Crippen molar-refractivity contribution < 1.29 is 4.57 Å². The Morgan fingerprint density at radius 1 is 0.893 bits per heavy atom. The Labute approximate surface area is 169 Å². The molecule has 0 amide bonds. The van der Waals surface area contributed by atoms with Gasteiger partial charge in [0.05, 0.1) is 10.9 Å². The van der Waals surface area contributed by atoms with Crippen molar-refractivity contribution >= 4 is 10.8 Å². The summed E-state index contributed by atoms with van der Waals surface area (Å²) < 4.78 is 2.38. The molecule has 2 fully saturated rings. The van der Waals surface area contributed by atoms with Crippen LogP contribution in [-0.4, -0.2) is 0 Å². The lowest BCUT2D eigenvalue weighted by Crippen LogP contribution is -2.35. The van der Waals surface area contributed by atoms with Gasteiger partial charge in [0, 0.05) is 13.0 Å². The molecule has 3 aromatic rings. The van der Waals surface area contributed by atoms with Gasteiger partial charge in [0.2, 0.25) is 5.69 Å². The van der Waals surface area contributed by atoms with Crippen molar-refractivity contribution in [3.05, 3.63) is 64.3 Å². The molecule has 2 aliphatic rings. The van der Waals surface area contributed by atoms with E-state index in [0.29, 0.717) is 0 Å². The summed E-state index contributed by atoms with van der Waals surface area (Å²) in [4.78, 5) is 0. The van der Waals surface area contributed by atoms with Crippen LogP contribution in [0.3, 0.4) is 0 Å². The number of fused-ring (bicyclic) bond motifs is 3. The maximum absolute atomic E-state index is 2.51. The third-order valence-electron chi connectivity index (χ3n) is 7.79. The lowest BCUT2D eigenvalue weighted by molar-refractivity contribution is -0.665. The summed E-state index contributed by atoms with van der Waals surface area (Å²) in [5.74, 6) is 2.72. The Morgan fingerprint density at radius 3 is 2.43 bits per heavy atom. The molecule has 2 bridgehead atoms. The zero-order valence-electron chi connectivity index (χ0n) is 18.0. The fourth-order valence-electron chi connectivity index (χ4n) is 6.09. The van der Waals surface area contributed by atoms with Crippen LogP contribution in [0.1, 0.15) is 59.5 Å². The Hall–Kier alpha value is -2.15. The van der Waals surface area contributed by atoms with Crippen LogP contribution in [0.5, 0.6) is 0 Å². The largest absolute Gasteiger partial charge is 0.220 e. The summed E-state index contributed by atoms with van der Waals surface area (Å²) in [5, 5.41) is 2.79. The summed E-state index contributed by atoms with van der Waals surface area (Å²) in [6.45, 7) is 8.95. The highest BCUT2D eigenvalue weighted by Gasteiger charge is 2.40. The summed E-state index contributed by atoms with van der Waals surface area (Å²) >= 11 is 0. The molecule has 28 heavy (non-hydrogen) atoms. The fourth-order valence-corrected chi connectivity index (χ4v) is 6.09. The maximum Gasteiger partial charge on any atom is 0.220 e. The van der Waals surface area contributed by atoms with E-state index in [1.165, 1.54) is 70.1 Å². The first kappa shape index (κ1) is 17.9. The van der Waals surface area contributed by atoms with Crippen molar-refractivity contribution in [3.8, 4) is 11.3 Å². The van der Waals surface area contributed by atoms with Crippen molar-refractivity contribution in [1.29, 1.82) is 0 Å². The van der Waals surface area contributed by atoms with Gasteiger partial charge in [-0.3, -0.25) is 0 Å². The minimum Gasteiger partial charge on any atom is -0.198 e. The molecule has 0 aliphatic heterocycles. The van der Waals surface area contributed by atoms with E-state index in [2.05, 4.69) is 75.7 Å². The maximum atomic E-state index is 2.51. The van der Waals surface area contributed by atoms with Gasteiger partial charge in [-0.05, 0) is 92.0 Å². The molecule has 0 N–H and O–H groups in total. The van der Waals surface area contributed by atoms with E-state index < -0.39 is 0 Å². The van der Waals surface area contributed by atoms with Crippen molar-refractivity contribution in [3.63, 3.8) is 0 Å². The van der Waals surface area contributed by atoms with Crippen LogP contribution >= 0.6 is 0 Å². The zero-order chi connectivity index (χ0) is 19.6. The predicted molar refractivity (Wildman–Crippen MR) is 118 cm³/mol. The quantitative estimate of drug-likeness (QED) is 0.455. The zero-order valence-corrected chi connectivity index (χ0v) is 18.0. The van der Waals surface area contributed by atoms with E-state index in [-0.39, 0.29) is 0 Å². The number of aryl methyl sites for hydroxylation is 3. The average molecular weight is 371 g/mol. The van der Waals surface area contributed by atoms with Crippen molar-refractivity contribution in [2.45, 2.75) is 59.3 Å². The highest BCUT2D eigenvalue weighted by Crippen LogP contribution is 2.53. The Morgan fingerprint density at radius 2 is 1.71 bits per heavy atom. The van der Waals surface area contributed by atoms with Crippen LogP contribution in [0.15, 0.2) is 36.4 Å². The fraction of sp³-hybridized carbons (Fsp3) is 0.444. The molecule has 0 saturated heterocycles. The highest BCUT2D eigenvalue weighted by atomic mass is 14.9. The summed E-state index contributed by atoms with van der Waals surface area (Å²) in [5.41, 5.74) is 9.75. The smallest absolute Gasteiger partial charge is 0.198 e. The number of benzene rings is 2. The molecule has 144 valence electrons. The summed E-state index contributed by atoms with van der Waals surface area (Å²) in [6.07, 6.45) is 5.81. The normalized spacial score (nSPS) is 23.7. The molecule has 2 aromatic carbocycles. The first-order valence-electron chi connectivity index (χ1n) is 10.9. The van der Waals surface area contributed by atoms with Gasteiger partial charge in [-0.25, -0.2) is 0 Å². The molecule has 1 aromatic heterocycles. The van der Waals surface area contributed by atoms with Gasteiger partial charge in [-0.2, -0.15) is 4.57 Å². The van der Waals surface area contributed by atoms with Crippen LogP contribution < -0.4 is 4.57 Å². The second-order valence-corrected chi connectivity index (χ2v) is 9.58. The van der Waals surface area contributed by atoms with E-state index in [9.17, 15) is 0 Å². The van der Waals surface area contributed by atoms with Gasteiger partial charge in [0.25, 0.3) is 0 Å². The van der Waals surface area contributed by atoms with Gasteiger partial charge >= 0.3 is 0 Å². The van der Waals surface area contributed by atoms with Crippen LogP contribution in [0.2, 0.25) is 0 Å². The average Bonchev–Trinajstić information content (AvgIpc) is 3.29. The van der Waals surface area contributed by atoms with Crippen LogP contribution in [-0.2, 0) is 7.05 Å². The van der Waals surface area contributed by atoms with Crippen LogP contribution in [0, 0.1) is 39.5 Å². The third-order valence-corrected chi connectivity index (χ3v) is 7.79. The molecule has 5 rings (SSSR count). The standard InChI is InChI=1S/C27H32N/c1-16-10-17(2)19(4)25(11-16)27-24-9-8-22(15-23(24)12-18(3)28(27)5)26-14-20-6-7-21(26)13-20/h8-12,15,20-21,26H,6-7,13-14H2,1-5H3/q+1. The molecule has 1 heteroatoms. The second-order valence-electron chi connectivity index (χ2n) is 9.58. The number of rotatable bonds is 2. The monoisotopic (exact) mass is 370 g/mol. The van der Waals surface area contributed by atoms with Crippen LogP contribution in [0.4, 0.5) is 0 Å². The predicted octanol–water partition coefficient (Wildman–Crippen LogP) is 6.47. The Kier molecular flexibility index (Phi) is 4.12. The van der Waals surface area contributed by atoms with E-state index in [1.54, 1.807) is 5.56 Å². The number of nitrogens with zero attached hydrogens (tertiary/aromatic N) is 1. The van der Waals surface area contributed by atoms with Crippen molar-refractivity contribution in [2.24, 2.45) is 18.9 Å². The molecule has 3 unspecified atom stereocenters. The molecular formula is C27H32N+. The first-order chi connectivity index (χ1) is 13.4. The number of pyridine rings is 1. The lowest BCUT2D eigenvalue weighted by atomic mass is 9.82. The summed E-state index contributed by atoms with van der Waals surface area (Å²) in [7, 11) is 2.21. The highest BCUT2D eigenvalue weighted by molar-refractivity contribution is 5.94. The van der Waals surface area contributed by atoms with Gasteiger partial charge < -0.3 is 0 Å². The Balaban J connectivity index is 1.71. The van der Waals surface area contributed by atoms with E-state index in [1.807, 2.05) is 0 Å². The molecule has 3 atom stereocenters.